The fraction of sp³-hybridized carbons (Fsp3) is 0.500. The van der Waals surface area contributed by atoms with Gasteiger partial charge in [0, 0.05) is 6.54 Å². The Hall–Kier alpha value is -1.13. The number of carbonyl (C=O) groups is 1. The van der Waals surface area contributed by atoms with E-state index in [0.717, 1.165) is 31.4 Å². The molecule has 1 aliphatic rings. The van der Waals surface area contributed by atoms with Gasteiger partial charge in [-0.2, -0.15) is 0 Å². The molecule has 1 aliphatic heterocycles. The van der Waals surface area contributed by atoms with Crippen LogP contribution in [-0.4, -0.2) is 25.0 Å². The molecule has 19 heavy (non-hydrogen) atoms. The molecule has 106 valence electrons. The zero-order valence-electron chi connectivity index (χ0n) is 10.8. The van der Waals surface area contributed by atoms with E-state index < -0.39 is 0 Å². The van der Waals surface area contributed by atoms with E-state index in [9.17, 15) is 9.18 Å². The predicted molar refractivity (Wildman–Crippen MR) is 76.0 cm³/mol. The summed E-state index contributed by atoms with van der Waals surface area (Å²) in [6, 6.07) is 6.44. The number of amides is 1. The molecule has 0 saturated carbocycles. The molecule has 0 bridgehead atoms. The molecule has 1 atom stereocenters. The van der Waals surface area contributed by atoms with E-state index in [2.05, 4.69) is 10.6 Å². The largest absolute Gasteiger partial charge is 0.354 e. The summed E-state index contributed by atoms with van der Waals surface area (Å²) in [5, 5.41) is 6.10. The average molecular weight is 287 g/mol. The van der Waals surface area contributed by atoms with Crippen molar-refractivity contribution in [3.63, 3.8) is 0 Å². The van der Waals surface area contributed by atoms with Gasteiger partial charge < -0.3 is 10.6 Å². The second kappa shape index (κ2) is 8.12. The van der Waals surface area contributed by atoms with Gasteiger partial charge in [0.15, 0.2) is 0 Å². The van der Waals surface area contributed by atoms with Crippen LogP contribution in [0.15, 0.2) is 24.3 Å². The molecule has 1 aromatic rings. The summed E-state index contributed by atoms with van der Waals surface area (Å²) in [6.07, 6.45) is 3.82. The van der Waals surface area contributed by atoms with Gasteiger partial charge in [-0.3, -0.25) is 4.79 Å². The summed E-state index contributed by atoms with van der Waals surface area (Å²) in [6.45, 7) is 1.47. The molecule has 0 spiro atoms. The molecule has 2 rings (SSSR count). The Morgan fingerprint density at radius 1 is 1.42 bits per heavy atom. The van der Waals surface area contributed by atoms with Crippen molar-refractivity contribution in [2.24, 2.45) is 0 Å². The molecule has 0 aromatic heterocycles. The average Bonchev–Trinajstić information content (AvgIpc) is 2.40. The first kappa shape index (κ1) is 15.9. The second-order valence-corrected chi connectivity index (χ2v) is 4.67. The van der Waals surface area contributed by atoms with Crippen LogP contribution >= 0.6 is 12.4 Å². The minimum Gasteiger partial charge on any atom is -0.354 e. The Balaban J connectivity index is 0.00000180. The topological polar surface area (TPSA) is 41.1 Å². The van der Waals surface area contributed by atoms with E-state index in [1.807, 2.05) is 6.07 Å². The number of hydrogen-bond donors (Lipinski definition) is 2. The lowest BCUT2D eigenvalue weighted by Gasteiger charge is -2.22. The zero-order valence-corrected chi connectivity index (χ0v) is 11.6. The number of carbonyl (C=O) groups excluding carboxylic acids is 1. The van der Waals surface area contributed by atoms with Crippen molar-refractivity contribution in [3.05, 3.63) is 35.6 Å². The molecule has 5 heteroatoms. The van der Waals surface area contributed by atoms with E-state index in [0.29, 0.717) is 13.0 Å². The molecule has 0 radical (unpaired) electrons. The summed E-state index contributed by atoms with van der Waals surface area (Å²) in [5.41, 5.74) is 0.909. The standard InChI is InChI=1S/C14H19FN2O.ClH/c15-12-5-3-4-11(10-12)7-9-17-14(18)13-6-1-2-8-16-13;/h3-5,10,13,16H,1-2,6-9H2,(H,17,18);1H/t13-;/m0./s1. The highest BCUT2D eigenvalue weighted by molar-refractivity contribution is 5.85. The SMILES string of the molecule is Cl.O=C(NCCc1cccc(F)c1)[C@@H]1CCCCN1. The lowest BCUT2D eigenvalue weighted by molar-refractivity contribution is -0.123. The van der Waals surface area contributed by atoms with Crippen LogP contribution in [0, 0.1) is 5.82 Å². The summed E-state index contributed by atoms with van der Waals surface area (Å²) < 4.78 is 12.9. The monoisotopic (exact) mass is 286 g/mol. The molecule has 2 N–H and O–H groups in total. The summed E-state index contributed by atoms with van der Waals surface area (Å²) in [5.74, 6) is -0.168. The second-order valence-electron chi connectivity index (χ2n) is 4.67. The number of piperidine rings is 1. The van der Waals surface area contributed by atoms with Crippen LogP contribution < -0.4 is 10.6 Å². The molecule has 0 unspecified atom stereocenters. The predicted octanol–water partition coefficient (Wildman–Crippen LogP) is 2.05. The van der Waals surface area contributed by atoms with E-state index in [1.165, 1.54) is 12.1 Å². The molecule has 1 heterocycles. The first-order valence-electron chi connectivity index (χ1n) is 6.51. The highest BCUT2D eigenvalue weighted by Crippen LogP contribution is 2.07. The van der Waals surface area contributed by atoms with E-state index in [-0.39, 0.29) is 30.2 Å². The fourth-order valence-corrected chi connectivity index (χ4v) is 2.22. The van der Waals surface area contributed by atoms with Crippen LogP contribution in [-0.2, 0) is 11.2 Å². The van der Waals surface area contributed by atoms with Crippen molar-refractivity contribution in [2.45, 2.75) is 31.7 Å². The molecule has 1 aromatic carbocycles. The first-order chi connectivity index (χ1) is 8.75. The molecule has 1 saturated heterocycles. The molecule has 3 nitrogen and oxygen atoms in total. The highest BCUT2D eigenvalue weighted by atomic mass is 35.5. The fourth-order valence-electron chi connectivity index (χ4n) is 2.22. The van der Waals surface area contributed by atoms with Crippen molar-refractivity contribution >= 4 is 18.3 Å². The number of benzene rings is 1. The number of hydrogen-bond acceptors (Lipinski definition) is 2. The molecule has 1 amide bonds. The minimum atomic E-state index is -0.229. The quantitative estimate of drug-likeness (QED) is 0.889. The molecular formula is C14H20ClFN2O. The smallest absolute Gasteiger partial charge is 0.237 e. The van der Waals surface area contributed by atoms with Gasteiger partial charge in [-0.05, 0) is 43.5 Å². The van der Waals surface area contributed by atoms with Gasteiger partial charge in [0.1, 0.15) is 5.82 Å². The maximum atomic E-state index is 12.9. The van der Waals surface area contributed by atoms with E-state index in [1.54, 1.807) is 6.07 Å². The Morgan fingerprint density at radius 2 is 2.26 bits per heavy atom. The van der Waals surface area contributed by atoms with Crippen LogP contribution in [0.1, 0.15) is 24.8 Å². The lowest BCUT2D eigenvalue weighted by Crippen LogP contribution is -2.47. The van der Waals surface area contributed by atoms with Gasteiger partial charge in [0.2, 0.25) is 5.91 Å². The normalized spacial score (nSPS) is 18.5. The number of rotatable bonds is 4. The van der Waals surface area contributed by atoms with Crippen molar-refractivity contribution < 1.29 is 9.18 Å². The van der Waals surface area contributed by atoms with Gasteiger partial charge >= 0.3 is 0 Å². The minimum absolute atomic E-state index is 0. The van der Waals surface area contributed by atoms with Crippen LogP contribution in [0.4, 0.5) is 4.39 Å². The van der Waals surface area contributed by atoms with Gasteiger partial charge in [0.25, 0.3) is 0 Å². The number of halogens is 2. The van der Waals surface area contributed by atoms with Gasteiger partial charge in [-0.25, -0.2) is 4.39 Å². The highest BCUT2D eigenvalue weighted by Gasteiger charge is 2.19. The maximum absolute atomic E-state index is 12.9. The Labute approximate surface area is 119 Å². The Kier molecular flexibility index (Phi) is 6.81. The van der Waals surface area contributed by atoms with Crippen LogP contribution in [0.25, 0.3) is 0 Å². The summed E-state index contributed by atoms with van der Waals surface area (Å²) in [4.78, 5) is 11.8. The Morgan fingerprint density at radius 3 is 2.95 bits per heavy atom. The summed E-state index contributed by atoms with van der Waals surface area (Å²) >= 11 is 0. The molecule has 1 fully saturated rings. The van der Waals surface area contributed by atoms with Crippen molar-refractivity contribution in [1.29, 1.82) is 0 Å². The third-order valence-corrected chi connectivity index (χ3v) is 3.23. The van der Waals surface area contributed by atoms with Crippen LogP contribution in [0.3, 0.4) is 0 Å². The van der Waals surface area contributed by atoms with Gasteiger partial charge in [0.05, 0.1) is 6.04 Å². The molecular weight excluding hydrogens is 267 g/mol. The van der Waals surface area contributed by atoms with Gasteiger partial charge in [-0.15, -0.1) is 12.4 Å². The van der Waals surface area contributed by atoms with Gasteiger partial charge in [-0.1, -0.05) is 18.6 Å². The van der Waals surface area contributed by atoms with E-state index >= 15 is 0 Å². The van der Waals surface area contributed by atoms with Crippen molar-refractivity contribution in [1.82, 2.24) is 10.6 Å². The first-order valence-corrected chi connectivity index (χ1v) is 6.51. The van der Waals surface area contributed by atoms with E-state index in [4.69, 9.17) is 0 Å². The van der Waals surface area contributed by atoms with Crippen LogP contribution in [0.5, 0.6) is 0 Å². The maximum Gasteiger partial charge on any atom is 0.237 e. The Bertz CT molecular complexity index is 408. The summed E-state index contributed by atoms with van der Waals surface area (Å²) in [7, 11) is 0. The third-order valence-electron chi connectivity index (χ3n) is 3.23. The van der Waals surface area contributed by atoms with Crippen molar-refractivity contribution in [3.8, 4) is 0 Å². The third kappa shape index (κ3) is 5.17. The number of nitrogens with one attached hydrogen (secondary N) is 2. The zero-order chi connectivity index (χ0) is 12.8. The van der Waals surface area contributed by atoms with Crippen LogP contribution in [0.2, 0.25) is 0 Å². The molecule has 0 aliphatic carbocycles. The van der Waals surface area contributed by atoms with Crippen molar-refractivity contribution in [2.75, 3.05) is 13.1 Å². The lowest BCUT2D eigenvalue weighted by atomic mass is 10.0.